The molecule has 206 valence electrons. The molecule has 0 saturated carbocycles. The second-order valence-corrected chi connectivity index (χ2v) is 12.6. The Labute approximate surface area is 240 Å². The molecule has 0 spiro atoms. The number of likely N-dealkylation sites (tertiary alicyclic amines) is 1. The summed E-state index contributed by atoms with van der Waals surface area (Å²) in [4.78, 5) is 18.2. The Morgan fingerprint density at radius 2 is 1.88 bits per heavy atom. The van der Waals surface area contributed by atoms with Crippen LogP contribution in [0.3, 0.4) is 0 Å². The SMILES string of the molecule is Cc1ccc(S(=O)(=O)n2cc(-c3ccc(OC4CCN(C(=O)[C@H](C)O)CC4)c(C#N)c3)c3cc(Br)cnc32)cc1. The molecule has 0 radical (unpaired) electrons. The number of benzene rings is 2. The van der Waals surface area contributed by atoms with Gasteiger partial charge in [0.2, 0.25) is 0 Å². The zero-order chi connectivity index (χ0) is 28.6. The van der Waals surface area contributed by atoms with Crippen LogP contribution in [0, 0.1) is 18.3 Å². The third-order valence-electron chi connectivity index (χ3n) is 6.97. The number of piperidine rings is 1. The maximum Gasteiger partial charge on any atom is 0.269 e. The molecule has 1 N–H and O–H groups in total. The lowest BCUT2D eigenvalue weighted by molar-refractivity contribution is -0.141. The third kappa shape index (κ3) is 5.35. The van der Waals surface area contributed by atoms with Crippen molar-refractivity contribution in [3.8, 4) is 22.9 Å². The Hall–Kier alpha value is -3.72. The number of hydrogen-bond acceptors (Lipinski definition) is 7. The van der Waals surface area contributed by atoms with Crippen molar-refractivity contribution < 1.29 is 23.1 Å². The van der Waals surface area contributed by atoms with E-state index in [0.29, 0.717) is 58.2 Å². The molecule has 40 heavy (non-hydrogen) atoms. The number of ether oxygens (including phenoxy) is 1. The zero-order valence-corrected chi connectivity index (χ0v) is 24.3. The average Bonchev–Trinajstić information content (AvgIpc) is 3.33. The van der Waals surface area contributed by atoms with Gasteiger partial charge in [-0.1, -0.05) is 23.8 Å². The Kier molecular flexibility index (Phi) is 7.68. The summed E-state index contributed by atoms with van der Waals surface area (Å²) >= 11 is 3.44. The summed E-state index contributed by atoms with van der Waals surface area (Å²) in [5.41, 5.74) is 2.78. The quantitative estimate of drug-likeness (QED) is 0.332. The maximum absolute atomic E-state index is 13.6. The number of halogens is 1. The molecule has 11 heteroatoms. The van der Waals surface area contributed by atoms with Crippen LogP contribution in [0.2, 0.25) is 0 Å². The molecule has 1 aliphatic rings. The lowest BCUT2D eigenvalue weighted by Gasteiger charge is -2.33. The Morgan fingerprint density at radius 3 is 2.52 bits per heavy atom. The first-order chi connectivity index (χ1) is 19.1. The van der Waals surface area contributed by atoms with Crippen molar-refractivity contribution in [3.63, 3.8) is 0 Å². The number of hydrogen-bond donors (Lipinski definition) is 1. The Morgan fingerprint density at radius 1 is 1.18 bits per heavy atom. The molecule has 1 fully saturated rings. The molecule has 0 unspecified atom stereocenters. The van der Waals surface area contributed by atoms with Crippen molar-refractivity contribution >= 4 is 42.9 Å². The number of aromatic nitrogens is 2. The van der Waals surface area contributed by atoms with Gasteiger partial charge < -0.3 is 14.7 Å². The second-order valence-electron chi connectivity index (χ2n) is 9.82. The highest BCUT2D eigenvalue weighted by molar-refractivity contribution is 9.10. The van der Waals surface area contributed by atoms with Crippen LogP contribution in [-0.4, -0.2) is 58.6 Å². The van der Waals surface area contributed by atoms with Gasteiger partial charge >= 0.3 is 0 Å². The number of aliphatic hydroxyl groups is 1. The molecule has 4 aromatic rings. The van der Waals surface area contributed by atoms with Gasteiger partial charge in [-0.15, -0.1) is 0 Å². The number of rotatable bonds is 6. The normalized spacial score (nSPS) is 15.1. The van der Waals surface area contributed by atoms with E-state index in [1.807, 2.05) is 6.92 Å². The summed E-state index contributed by atoms with van der Waals surface area (Å²) in [6.45, 7) is 4.27. The van der Waals surface area contributed by atoms with Crippen molar-refractivity contribution in [2.75, 3.05) is 13.1 Å². The number of carbonyl (C=O) groups is 1. The van der Waals surface area contributed by atoms with Gasteiger partial charge in [-0.05, 0) is 65.7 Å². The molecule has 3 heterocycles. The van der Waals surface area contributed by atoms with Crippen molar-refractivity contribution in [2.24, 2.45) is 0 Å². The highest BCUT2D eigenvalue weighted by Crippen LogP contribution is 2.36. The van der Waals surface area contributed by atoms with E-state index >= 15 is 0 Å². The average molecular weight is 624 g/mol. The maximum atomic E-state index is 13.6. The van der Waals surface area contributed by atoms with E-state index in [4.69, 9.17) is 4.74 Å². The number of nitriles is 1. The van der Waals surface area contributed by atoms with Crippen LogP contribution < -0.4 is 4.74 Å². The molecule has 1 amide bonds. The second kappa shape index (κ2) is 11.0. The van der Waals surface area contributed by atoms with E-state index in [9.17, 15) is 23.6 Å². The Balaban J connectivity index is 1.47. The third-order valence-corrected chi connectivity index (χ3v) is 9.07. The molecule has 1 aliphatic heterocycles. The van der Waals surface area contributed by atoms with Crippen LogP contribution in [0.15, 0.2) is 70.3 Å². The number of aryl methyl sites for hydroxylation is 1. The minimum absolute atomic E-state index is 0.147. The molecule has 0 bridgehead atoms. The van der Waals surface area contributed by atoms with Gasteiger partial charge in [-0.25, -0.2) is 17.4 Å². The molecular weight excluding hydrogens is 596 g/mol. The first-order valence-corrected chi connectivity index (χ1v) is 15.0. The van der Waals surface area contributed by atoms with E-state index in [1.54, 1.807) is 59.6 Å². The van der Waals surface area contributed by atoms with Crippen molar-refractivity contribution in [3.05, 3.63) is 76.5 Å². The summed E-state index contributed by atoms with van der Waals surface area (Å²) in [6, 6.07) is 15.8. The van der Waals surface area contributed by atoms with E-state index in [-0.39, 0.29) is 22.6 Å². The highest BCUT2D eigenvalue weighted by Gasteiger charge is 2.27. The molecule has 0 aliphatic carbocycles. The minimum Gasteiger partial charge on any atom is -0.489 e. The first kappa shape index (κ1) is 27.8. The number of carbonyl (C=O) groups excluding carboxylic acids is 1. The van der Waals surface area contributed by atoms with Crippen molar-refractivity contribution in [1.29, 1.82) is 5.26 Å². The predicted molar refractivity (Wildman–Crippen MR) is 153 cm³/mol. The number of fused-ring (bicyclic) bond motifs is 1. The zero-order valence-electron chi connectivity index (χ0n) is 21.9. The molecule has 2 aromatic heterocycles. The van der Waals surface area contributed by atoms with Crippen LogP contribution in [-0.2, 0) is 14.8 Å². The summed E-state index contributed by atoms with van der Waals surface area (Å²) in [5, 5.41) is 20.1. The number of amides is 1. The predicted octanol–water partition coefficient (Wildman–Crippen LogP) is 4.63. The molecule has 5 rings (SSSR count). The highest BCUT2D eigenvalue weighted by atomic mass is 79.9. The fraction of sp³-hybridized carbons (Fsp3) is 0.276. The standard InChI is InChI=1S/C29H27BrN4O5S/c1-18-3-6-24(7-4-18)40(37,38)34-17-26(25-14-22(30)16-32-28(25)34)20-5-8-27(21(13-20)15-31)39-23-9-11-33(12-10-23)29(36)19(2)35/h3-8,13-14,16-17,19,23,35H,9-12H2,1-2H3/t19-/m0/s1. The van der Waals surface area contributed by atoms with Crippen LogP contribution in [0.4, 0.5) is 0 Å². The van der Waals surface area contributed by atoms with E-state index < -0.39 is 16.1 Å². The number of nitrogens with zero attached hydrogens (tertiary/aromatic N) is 4. The van der Waals surface area contributed by atoms with Gasteiger partial charge in [0.25, 0.3) is 15.9 Å². The molecule has 9 nitrogen and oxygen atoms in total. The fourth-order valence-electron chi connectivity index (χ4n) is 4.82. The monoisotopic (exact) mass is 622 g/mol. The van der Waals surface area contributed by atoms with Crippen LogP contribution >= 0.6 is 15.9 Å². The topological polar surface area (TPSA) is 126 Å². The minimum atomic E-state index is -3.94. The van der Waals surface area contributed by atoms with Gasteiger partial charge in [-0.2, -0.15) is 5.26 Å². The molecule has 2 aromatic carbocycles. The van der Waals surface area contributed by atoms with E-state index in [0.717, 1.165) is 5.56 Å². The van der Waals surface area contributed by atoms with Crippen LogP contribution in [0.5, 0.6) is 5.75 Å². The van der Waals surface area contributed by atoms with E-state index in [1.165, 1.54) is 17.1 Å². The van der Waals surface area contributed by atoms with Gasteiger partial charge in [0.1, 0.15) is 24.0 Å². The van der Waals surface area contributed by atoms with Gasteiger partial charge in [0, 0.05) is 53.7 Å². The van der Waals surface area contributed by atoms with Crippen molar-refractivity contribution in [2.45, 2.75) is 43.8 Å². The summed E-state index contributed by atoms with van der Waals surface area (Å²) in [5.74, 6) is 0.118. The number of pyridine rings is 1. The molecule has 1 atom stereocenters. The fourth-order valence-corrected chi connectivity index (χ4v) is 6.47. The van der Waals surface area contributed by atoms with Gasteiger partial charge in [0.15, 0.2) is 5.65 Å². The van der Waals surface area contributed by atoms with Crippen LogP contribution in [0.1, 0.15) is 30.9 Å². The first-order valence-electron chi connectivity index (χ1n) is 12.8. The lowest BCUT2D eigenvalue weighted by atomic mass is 10.0. The van der Waals surface area contributed by atoms with Gasteiger partial charge in [0.05, 0.1) is 10.5 Å². The summed E-state index contributed by atoms with van der Waals surface area (Å²) < 4.78 is 35.2. The summed E-state index contributed by atoms with van der Waals surface area (Å²) in [6.07, 6.45) is 3.02. The van der Waals surface area contributed by atoms with E-state index in [2.05, 4.69) is 27.0 Å². The van der Waals surface area contributed by atoms with Gasteiger partial charge in [-0.3, -0.25) is 4.79 Å². The lowest BCUT2D eigenvalue weighted by Crippen LogP contribution is -2.45. The smallest absolute Gasteiger partial charge is 0.269 e. The molecular formula is C29H27BrN4O5S. The van der Waals surface area contributed by atoms with Crippen molar-refractivity contribution in [1.82, 2.24) is 13.9 Å². The Bertz CT molecular complexity index is 1730. The largest absolute Gasteiger partial charge is 0.489 e. The molecule has 1 saturated heterocycles. The number of aliphatic hydroxyl groups excluding tert-OH is 1. The summed E-state index contributed by atoms with van der Waals surface area (Å²) in [7, 11) is -3.94. The van der Waals surface area contributed by atoms with Crippen LogP contribution in [0.25, 0.3) is 22.2 Å².